The van der Waals surface area contributed by atoms with E-state index in [0.717, 1.165) is 18.4 Å². The number of amides is 1. The van der Waals surface area contributed by atoms with Gasteiger partial charge in [0.2, 0.25) is 11.1 Å². The van der Waals surface area contributed by atoms with Crippen LogP contribution in [-0.4, -0.2) is 32.9 Å². The molecule has 1 heterocycles. The van der Waals surface area contributed by atoms with Gasteiger partial charge in [-0.1, -0.05) is 42.6 Å². The van der Waals surface area contributed by atoms with Gasteiger partial charge < -0.3 is 5.32 Å². The van der Waals surface area contributed by atoms with E-state index in [-0.39, 0.29) is 5.91 Å². The molecule has 2 aromatic rings. The number of benzene rings is 1. The van der Waals surface area contributed by atoms with Gasteiger partial charge in [0, 0.05) is 16.6 Å². The van der Waals surface area contributed by atoms with Crippen LogP contribution in [0.1, 0.15) is 32.1 Å². The maximum Gasteiger partial charge on any atom is 0.230 e. The first-order valence-corrected chi connectivity index (χ1v) is 9.17. The van der Waals surface area contributed by atoms with Crippen molar-refractivity contribution in [2.24, 2.45) is 0 Å². The molecule has 0 saturated heterocycles. The topological polar surface area (TPSA) is 70.7 Å². The van der Waals surface area contributed by atoms with E-state index in [9.17, 15) is 4.79 Å². The van der Waals surface area contributed by atoms with E-state index >= 15 is 0 Å². The summed E-state index contributed by atoms with van der Waals surface area (Å²) in [7, 11) is 0. The Morgan fingerprint density at radius 1 is 1.26 bits per heavy atom. The Balaban J connectivity index is 1.50. The molecule has 0 aliphatic heterocycles. The first-order chi connectivity index (χ1) is 11.2. The quantitative estimate of drug-likeness (QED) is 0.807. The van der Waals surface area contributed by atoms with E-state index in [4.69, 9.17) is 11.6 Å². The number of H-pyrrole nitrogens is 1. The number of nitrogens with zero attached hydrogens (tertiary/aromatic N) is 2. The molecule has 122 valence electrons. The van der Waals surface area contributed by atoms with Crippen LogP contribution in [0.5, 0.6) is 0 Å². The maximum atomic E-state index is 12.0. The fourth-order valence-electron chi connectivity index (χ4n) is 2.69. The molecule has 2 N–H and O–H groups in total. The minimum Gasteiger partial charge on any atom is -0.353 e. The lowest BCUT2D eigenvalue weighted by Crippen LogP contribution is -2.37. The molecular weight excluding hydrogens is 332 g/mol. The number of carbonyl (C=O) groups is 1. The smallest absolute Gasteiger partial charge is 0.230 e. The summed E-state index contributed by atoms with van der Waals surface area (Å²) in [6.07, 6.45) is 5.90. The Labute approximate surface area is 144 Å². The van der Waals surface area contributed by atoms with E-state index in [1.165, 1.54) is 31.0 Å². The molecule has 1 amide bonds. The normalized spacial score (nSPS) is 15.5. The van der Waals surface area contributed by atoms with Gasteiger partial charge in [-0.05, 0) is 37.1 Å². The van der Waals surface area contributed by atoms with Gasteiger partial charge >= 0.3 is 0 Å². The lowest BCUT2D eigenvalue weighted by molar-refractivity contribution is -0.119. The molecule has 3 rings (SSSR count). The molecule has 0 radical (unpaired) electrons. The van der Waals surface area contributed by atoms with Gasteiger partial charge in [-0.15, -0.1) is 5.10 Å². The summed E-state index contributed by atoms with van der Waals surface area (Å²) in [4.78, 5) is 16.4. The van der Waals surface area contributed by atoms with Crippen molar-refractivity contribution in [2.75, 3.05) is 5.75 Å². The Kier molecular flexibility index (Phi) is 5.56. The zero-order valence-corrected chi connectivity index (χ0v) is 14.3. The summed E-state index contributed by atoms with van der Waals surface area (Å²) >= 11 is 7.22. The van der Waals surface area contributed by atoms with Crippen LogP contribution < -0.4 is 5.32 Å². The van der Waals surface area contributed by atoms with Crippen molar-refractivity contribution in [1.82, 2.24) is 20.5 Å². The zero-order chi connectivity index (χ0) is 16.1. The van der Waals surface area contributed by atoms with E-state index in [0.29, 0.717) is 27.8 Å². The zero-order valence-electron chi connectivity index (χ0n) is 12.7. The van der Waals surface area contributed by atoms with Crippen LogP contribution in [0.2, 0.25) is 5.02 Å². The molecule has 0 atom stereocenters. The lowest BCUT2D eigenvalue weighted by Gasteiger charge is -2.22. The molecule has 1 aliphatic rings. The number of carbonyl (C=O) groups excluding carboxylic acids is 1. The molecule has 1 aromatic carbocycles. The van der Waals surface area contributed by atoms with Crippen molar-refractivity contribution in [1.29, 1.82) is 0 Å². The van der Waals surface area contributed by atoms with Crippen molar-refractivity contribution in [3.63, 3.8) is 0 Å². The van der Waals surface area contributed by atoms with Crippen LogP contribution in [0.3, 0.4) is 0 Å². The van der Waals surface area contributed by atoms with Gasteiger partial charge in [-0.25, -0.2) is 4.98 Å². The lowest BCUT2D eigenvalue weighted by atomic mass is 9.95. The number of rotatable bonds is 5. The van der Waals surface area contributed by atoms with Crippen LogP contribution in [0, 0.1) is 0 Å². The second-order valence-corrected chi connectivity index (χ2v) is 7.04. The van der Waals surface area contributed by atoms with Gasteiger partial charge in [0.05, 0.1) is 5.75 Å². The monoisotopic (exact) mass is 350 g/mol. The number of hydrogen-bond acceptors (Lipinski definition) is 4. The highest BCUT2D eigenvalue weighted by molar-refractivity contribution is 7.99. The Morgan fingerprint density at radius 3 is 2.74 bits per heavy atom. The number of hydrogen-bond donors (Lipinski definition) is 2. The third-order valence-electron chi connectivity index (χ3n) is 3.89. The minimum atomic E-state index is 0.0553. The van der Waals surface area contributed by atoms with E-state index in [2.05, 4.69) is 20.5 Å². The fraction of sp³-hybridized carbons (Fsp3) is 0.438. The van der Waals surface area contributed by atoms with Gasteiger partial charge in [0.15, 0.2) is 5.82 Å². The van der Waals surface area contributed by atoms with E-state index in [1.54, 1.807) is 0 Å². The molecule has 23 heavy (non-hydrogen) atoms. The first-order valence-electron chi connectivity index (χ1n) is 7.81. The van der Waals surface area contributed by atoms with Crippen molar-refractivity contribution in [3.8, 4) is 11.4 Å². The fourth-order valence-corrected chi connectivity index (χ4v) is 3.43. The molecule has 0 bridgehead atoms. The van der Waals surface area contributed by atoms with Crippen molar-refractivity contribution >= 4 is 29.3 Å². The second-order valence-electron chi connectivity index (χ2n) is 5.66. The summed E-state index contributed by atoms with van der Waals surface area (Å²) in [6, 6.07) is 7.72. The molecule has 1 saturated carbocycles. The highest BCUT2D eigenvalue weighted by Gasteiger charge is 2.16. The molecule has 1 fully saturated rings. The number of thioether (sulfide) groups is 1. The van der Waals surface area contributed by atoms with Gasteiger partial charge in [-0.2, -0.15) is 0 Å². The number of aromatic nitrogens is 3. The molecule has 0 unspecified atom stereocenters. The molecular formula is C16H19ClN4OS. The summed E-state index contributed by atoms with van der Waals surface area (Å²) in [6.45, 7) is 0. The van der Waals surface area contributed by atoms with Crippen molar-refractivity contribution in [3.05, 3.63) is 29.3 Å². The number of halogens is 1. The molecule has 5 nitrogen and oxygen atoms in total. The highest BCUT2D eigenvalue weighted by Crippen LogP contribution is 2.21. The standard InChI is InChI=1S/C16H19ClN4OS/c17-12-8-6-11(7-9-12)15-19-16(21-20-15)23-10-14(22)18-13-4-2-1-3-5-13/h6-9,13H,1-5,10H2,(H,18,22)(H,19,20,21). The molecule has 1 aliphatic carbocycles. The van der Waals surface area contributed by atoms with Gasteiger partial charge in [0.25, 0.3) is 0 Å². The molecule has 1 aromatic heterocycles. The SMILES string of the molecule is O=C(CSc1n[nH]c(-c2ccc(Cl)cc2)n1)NC1CCCCC1. The van der Waals surface area contributed by atoms with Crippen LogP contribution in [0.25, 0.3) is 11.4 Å². The van der Waals surface area contributed by atoms with E-state index < -0.39 is 0 Å². The summed E-state index contributed by atoms with van der Waals surface area (Å²) in [5.41, 5.74) is 0.917. The Bertz CT molecular complexity index is 652. The summed E-state index contributed by atoms with van der Waals surface area (Å²) < 4.78 is 0. The third kappa shape index (κ3) is 4.72. The van der Waals surface area contributed by atoms with Crippen molar-refractivity contribution < 1.29 is 4.79 Å². The van der Waals surface area contributed by atoms with E-state index in [1.807, 2.05) is 24.3 Å². The highest BCUT2D eigenvalue weighted by atomic mass is 35.5. The van der Waals surface area contributed by atoms with Crippen LogP contribution in [0.15, 0.2) is 29.4 Å². The van der Waals surface area contributed by atoms with Crippen molar-refractivity contribution in [2.45, 2.75) is 43.3 Å². The Hall–Kier alpha value is -1.53. The van der Waals surface area contributed by atoms with Crippen LogP contribution in [-0.2, 0) is 4.79 Å². The summed E-state index contributed by atoms with van der Waals surface area (Å²) in [5.74, 6) is 1.07. The number of nitrogens with one attached hydrogen (secondary N) is 2. The third-order valence-corrected chi connectivity index (χ3v) is 4.98. The average molecular weight is 351 g/mol. The number of aromatic amines is 1. The second kappa shape index (κ2) is 7.84. The predicted octanol–water partition coefficient (Wildman–Crippen LogP) is 3.67. The largest absolute Gasteiger partial charge is 0.353 e. The van der Waals surface area contributed by atoms with Crippen LogP contribution >= 0.6 is 23.4 Å². The minimum absolute atomic E-state index is 0.0553. The van der Waals surface area contributed by atoms with Crippen LogP contribution in [0.4, 0.5) is 0 Å². The molecule has 0 spiro atoms. The maximum absolute atomic E-state index is 12.0. The van der Waals surface area contributed by atoms with Gasteiger partial charge in [0.1, 0.15) is 0 Å². The van der Waals surface area contributed by atoms with Gasteiger partial charge in [-0.3, -0.25) is 9.89 Å². The first kappa shape index (κ1) is 16.3. The average Bonchev–Trinajstić information content (AvgIpc) is 3.04. The predicted molar refractivity (Wildman–Crippen MR) is 92.6 cm³/mol. The Morgan fingerprint density at radius 2 is 2.00 bits per heavy atom. The molecule has 7 heteroatoms. The summed E-state index contributed by atoms with van der Waals surface area (Å²) in [5, 5.41) is 11.4.